The molecule has 0 spiro atoms. The van der Waals surface area contributed by atoms with Gasteiger partial charge >= 0.3 is 0 Å². The average Bonchev–Trinajstić information content (AvgIpc) is 2.37. The molecule has 1 aromatic rings. The Morgan fingerprint density at radius 2 is 2.06 bits per heavy atom. The number of nitrogens with zero attached hydrogens (tertiary/aromatic N) is 1. The highest BCUT2D eigenvalue weighted by Crippen LogP contribution is 2.10. The molecule has 1 heteroatoms. The van der Waals surface area contributed by atoms with E-state index in [-0.39, 0.29) is 0 Å². The smallest absolute Gasteiger partial charge is 0.0270 e. The second kappa shape index (κ2) is 8.28. The van der Waals surface area contributed by atoms with Crippen LogP contribution >= 0.6 is 0 Å². The number of allylic oxidation sites excluding steroid dienone is 7. The first-order chi connectivity index (χ1) is 8.36. The van der Waals surface area contributed by atoms with Gasteiger partial charge in [-0.15, -0.1) is 0 Å². The maximum atomic E-state index is 4.02. The minimum absolute atomic E-state index is 1.04. The zero-order chi connectivity index (χ0) is 12.3. The number of aromatic nitrogens is 1. The first-order valence-electron chi connectivity index (χ1n) is 5.86. The van der Waals surface area contributed by atoms with E-state index in [0.717, 1.165) is 12.8 Å². The minimum Gasteiger partial charge on any atom is -0.265 e. The number of aryl methyl sites for hydroxylation is 1. The summed E-state index contributed by atoms with van der Waals surface area (Å²) in [5.74, 6) is 0. The number of rotatable bonds is 6. The van der Waals surface area contributed by atoms with Crippen LogP contribution in [0.1, 0.15) is 18.9 Å². The van der Waals surface area contributed by atoms with Crippen LogP contribution in [0.4, 0.5) is 0 Å². The molecule has 1 rings (SSSR count). The Morgan fingerprint density at radius 1 is 1.29 bits per heavy atom. The summed E-state index contributed by atoms with van der Waals surface area (Å²) in [5, 5.41) is 0. The molecule has 0 fully saturated rings. The van der Waals surface area contributed by atoms with E-state index < -0.39 is 0 Å². The molecule has 0 radical (unpaired) electrons. The number of hydrogen-bond donors (Lipinski definition) is 0. The molecule has 0 amide bonds. The highest BCUT2D eigenvalue weighted by molar-refractivity contribution is 5.26. The van der Waals surface area contributed by atoms with E-state index in [2.05, 4.69) is 41.9 Å². The molecule has 0 aliphatic rings. The van der Waals surface area contributed by atoms with Crippen LogP contribution < -0.4 is 0 Å². The monoisotopic (exact) mass is 225 g/mol. The predicted octanol–water partition coefficient (Wildman–Crippen LogP) is 4.26. The fourth-order valence-corrected chi connectivity index (χ4v) is 1.53. The van der Waals surface area contributed by atoms with Gasteiger partial charge in [-0.1, -0.05) is 43.0 Å². The lowest BCUT2D eigenvalue weighted by molar-refractivity contribution is 0.959. The van der Waals surface area contributed by atoms with Gasteiger partial charge in [0.25, 0.3) is 0 Å². The van der Waals surface area contributed by atoms with Crippen molar-refractivity contribution in [1.82, 2.24) is 4.98 Å². The summed E-state index contributed by atoms with van der Waals surface area (Å²) in [6.45, 7) is 5.70. The largest absolute Gasteiger partial charge is 0.265 e. The molecule has 0 saturated carbocycles. The summed E-state index contributed by atoms with van der Waals surface area (Å²) < 4.78 is 0. The van der Waals surface area contributed by atoms with Gasteiger partial charge in [-0.25, -0.2) is 0 Å². The Bertz CT molecular complexity index is 410. The third kappa shape index (κ3) is 5.67. The quantitative estimate of drug-likeness (QED) is 0.659. The summed E-state index contributed by atoms with van der Waals surface area (Å²) in [4.78, 5) is 4.02. The van der Waals surface area contributed by atoms with E-state index >= 15 is 0 Å². The van der Waals surface area contributed by atoms with Gasteiger partial charge in [0.2, 0.25) is 0 Å². The summed E-state index contributed by atoms with van der Waals surface area (Å²) >= 11 is 0. The highest BCUT2D eigenvalue weighted by atomic mass is 14.6. The molecular weight excluding hydrogens is 206 g/mol. The maximum absolute atomic E-state index is 4.02. The van der Waals surface area contributed by atoms with Crippen molar-refractivity contribution >= 4 is 0 Å². The van der Waals surface area contributed by atoms with E-state index in [1.165, 1.54) is 11.1 Å². The summed E-state index contributed by atoms with van der Waals surface area (Å²) in [6, 6.07) is 4.12. The molecule has 0 saturated heterocycles. The third-order valence-corrected chi connectivity index (χ3v) is 2.39. The lowest BCUT2D eigenvalue weighted by Gasteiger charge is -2.01. The standard InChI is InChI=1S/C16H19N/c1-3-5-6-8-15(7-4-2)9-10-16-11-13-17-14-12-16/h3-8,11-14H,1,9-10H2,2H3/b6-5+,7-4-,15-8+. The van der Waals surface area contributed by atoms with Crippen molar-refractivity contribution in [2.75, 3.05) is 0 Å². The van der Waals surface area contributed by atoms with Crippen LogP contribution in [0.2, 0.25) is 0 Å². The molecular formula is C16H19N. The molecule has 0 bridgehead atoms. The first-order valence-corrected chi connectivity index (χ1v) is 5.86. The van der Waals surface area contributed by atoms with Gasteiger partial charge in [0.05, 0.1) is 0 Å². The molecule has 0 aliphatic heterocycles. The van der Waals surface area contributed by atoms with Gasteiger partial charge in [0, 0.05) is 12.4 Å². The summed E-state index contributed by atoms with van der Waals surface area (Å²) in [7, 11) is 0. The van der Waals surface area contributed by atoms with Crippen LogP contribution in [-0.4, -0.2) is 4.98 Å². The molecule has 0 aliphatic carbocycles. The van der Waals surface area contributed by atoms with Crippen LogP contribution in [0.15, 0.2) is 73.1 Å². The van der Waals surface area contributed by atoms with Crippen molar-refractivity contribution in [3.05, 3.63) is 78.7 Å². The van der Waals surface area contributed by atoms with Crippen LogP contribution in [0.25, 0.3) is 0 Å². The van der Waals surface area contributed by atoms with Gasteiger partial charge < -0.3 is 0 Å². The van der Waals surface area contributed by atoms with Crippen LogP contribution in [0.5, 0.6) is 0 Å². The fraction of sp³-hybridized carbons (Fsp3) is 0.188. The van der Waals surface area contributed by atoms with Gasteiger partial charge in [0.15, 0.2) is 0 Å². The van der Waals surface area contributed by atoms with Gasteiger partial charge in [-0.2, -0.15) is 0 Å². The second-order valence-corrected chi connectivity index (χ2v) is 3.72. The Labute approximate surface area is 104 Å². The zero-order valence-corrected chi connectivity index (χ0v) is 10.3. The van der Waals surface area contributed by atoms with Crippen molar-refractivity contribution in [3.8, 4) is 0 Å². The van der Waals surface area contributed by atoms with Crippen LogP contribution in [0, 0.1) is 0 Å². The van der Waals surface area contributed by atoms with Gasteiger partial charge in [-0.3, -0.25) is 4.98 Å². The molecule has 0 N–H and O–H groups in total. The van der Waals surface area contributed by atoms with Crippen molar-refractivity contribution in [3.63, 3.8) is 0 Å². The average molecular weight is 225 g/mol. The minimum atomic E-state index is 1.04. The highest BCUT2D eigenvalue weighted by Gasteiger charge is 1.94. The predicted molar refractivity (Wildman–Crippen MR) is 74.8 cm³/mol. The molecule has 1 nitrogen and oxygen atoms in total. The van der Waals surface area contributed by atoms with Crippen LogP contribution in [-0.2, 0) is 6.42 Å². The first kappa shape index (κ1) is 13.2. The SMILES string of the molecule is C=C/C=C/C=C(\C=C/C)CCc1ccncc1. The van der Waals surface area contributed by atoms with Crippen LogP contribution in [0.3, 0.4) is 0 Å². The van der Waals surface area contributed by atoms with Gasteiger partial charge in [-0.05, 0) is 43.0 Å². The fourth-order valence-electron chi connectivity index (χ4n) is 1.53. The van der Waals surface area contributed by atoms with E-state index in [1.54, 1.807) is 6.08 Å². The Hall–Kier alpha value is -1.89. The maximum Gasteiger partial charge on any atom is 0.0270 e. The lowest BCUT2D eigenvalue weighted by atomic mass is 10.0. The Kier molecular flexibility index (Phi) is 6.42. The van der Waals surface area contributed by atoms with E-state index in [4.69, 9.17) is 0 Å². The Morgan fingerprint density at radius 3 is 2.71 bits per heavy atom. The van der Waals surface area contributed by atoms with Gasteiger partial charge in [0.1, 0.15) is 0 Å². The molecule has 1 aromatic heterocycles. The van der Waals surface area contributed by atoms with Crippen molar-refractivity contribution in [1.29, 1.82) is 0 Å². The topological polar surface area (TPSA) is 12.9 Å². The molecule has 17 heavy (non-hydrogen) atoms. The molecule has 0 aromatic carbocycles. The number of pyridine rings is 1. The van der Waals surface area contributed by atoms with E-state index in [1.807, 2.05) is 31.5 Å². The molecule has 88 valence electrons. The lowest BCUT2D eigenvalue weighted by Crippen LogP contribution is -1.87. The molecule has 1 heterocycles. The normalized spacial score (nSPS) is 12.4. The van der Waals surface area contributed by atoms with Crippen molar-refractivity contribution in [2.24, 2.45) is 0 Å². The van der Waals surface area contributed by atoms with E-state index in [9.17, 15) is 0 Å². The third-order valence-electron chi connectivity index (χ3n) is 2.39. The molecule has 0 unspecified atom stereocenters. The number of hydrogen-bond acceptors (Lipinski definition) is 1. The summed E-state index contributed by atoms with van der Waals surface area (Å²) in [6.07, 6.45) is 17.9. The second-order valence-electron chi connectivity index (χ2n) is 3.72. The summed E-state index contributed by atoms with van der Waals surface area (Å²) in [5.41, 5.74) is 2.64. The van der Waals surface area contributed by atoms with Crippen molar-refractivity contribution in [2.45, 2.75) is 19.8 Å². The van der Waals surface area contributed by atoms with Crippen molar-refractivity contribution < 1.29 is 0 Å². The Balaban J connectivity index is 2.59. The molecule has 0 atom stereocenters. The van der Waals surface area contributed by atoms with E-state index in [0.29, 0.717) is 0 Å². The zero-order valence-electron chi connectivity index (χ0n) is 10.3.